The van der Waals surface area contributed by atoms with Crippen LogP contribution in [0.1, 0.15) is 39.5 Å². The Morgan fingerprint density at radius 2 is 1.96 bits per heavy atom. The zero-order valence-corrected chi connectivity index (χ0v) is 17.6. The van der Waals surface area contributed by atoms with Crippen molar-refractivity contribution in [1.82, 2.24) is 20.4 Å². The van der Waals surface area contributed by atoms with Gasteiger partial charge in [0.2, 0.25) is 0 Å². The molecule has 0 saturated carbocycles. The van der Waals surface area contributed by atoms with Crippen molar-refractivity contribution in [3.05, 3.63) is 24.2 Å². The molecular weight excluding hydrogens is 342 g/mol. The average Bonchev–Trinajstić information content (AvgIpc) is 3.22. The summed E-state index contributed by atoms with van der Waals surface area (Å²) in [5.74, 6) is 1.80. The molecule has 2 heterocycles. The van der Waals surface area contributed by atoms with Crippen LogP contribution in [0.5, 0.6) is 0 Å². The Morgan fingerprint density at radius 1 is 1.26 bits per heavy atom. The third-order valence-electron chi connectivity index (χ3n) is 5.37. The minimum absolute atomic E-state index is 0.0423. The van der Waals surface area contributed by atoms with E-state index in [0.717, 1.165) is 64.2 Å². The van der Waals surface area contributed by atoms with Gasteiger partial charge in [0.15, 0.2) is 5.96 Å². The van der Waals surface area contributed by atoms with E-state index in [1.54, 1.807) is 6.26 Å². The Balaban J connectivity index is 1.91. The molecule has 1 atom stereocenters. The molecule has 2 rings (SSSR count). The fourth-order valence-corrected chi connectivity index (χ4v) is 3.55. The number of likely N-dealkylation sites (N-methyl/N-ethyl adjacent to an activating group) is 1. The monoisotopic (exact) mass is 379 g/mol. The fraction of sp³-hybridized carbons (Fsp3) is 0.750. The topological polar surface area (TPSA) is 65.3 Å². The SMILES string of the molecule is CCN(CC)C(CNC(=NC)NCC(C)(C)N1CCOCC1)c1ccco1. The van der Waals surface area contributed by atoms with Crippen LogP contribution < -0.4 is 10.6 Å². The minimum Gasteiger partial charge on any atom is -0.468 e. The van der Waals surface area contributed by atoms with E-state index in [0.29, 0.717) is 0 Å². The number of guanidine groups is 1. The summed E-state index contributed by atoms with van der Waals surface area (Å²) in [4.78, 5) is 9.26. The van der Waals surface area contributed by atoms with Crippen LogP contribution in [-0.4, -0.2) is 80.8 Å². The molecule has 7 heteroatoms. The van der Waals surface area contributed by atoms with Crippen LogP contribution in [-0.2, 0) is 4.74 Å². The van der Waals surface area contributed by atoms with Crippen molar-refractivity contribution in [2.45, 2.75) is 39.3 Å². The molecule has 154 valence electrons. The highest BCUT2D eigenvalue weighted by Gasteiger charge is 2.28. The van der Waals surface area contributed by atoms with Gasteiger partial charge in [-0.25, -0.2) is 0 Å². The second kappa shape index (κ2) is 10.7. The molecular formula is C20H37N5O2. The zero-order chi connectivity index (χ0) is 19.7. The lowest BCUT2D eigenvalue weighted by Crippen LogP contribution is -2.56. The van der Waals surface area contributed by atoms with Crippen LogP contribution in [0.4, 0.5) is 0 Å². The summed E-state index contributed by atoms with van der Waals surface area (Å²) >= 11 is 0. The summed E-state index contributed by atoms with van der Waals surface area (Å²) in [6, 6.07) is 4.17. The van der Waals surface area contributed by atoms with Gasteiger partial charge in [-0.1, -0.05) is 13.8 Å². The number of nitrogens with one attached hydrogen (secondary N) is 2. The first-order valence-electron chi connectivity index (χ1n) is 10.1. The molecule has 1 aromatic heterocycles. The summed E-state index contributed by atoms with van der Waals surface area (Å²) < 4.78 is 11.2. The molecule has 1 aliphatic heterocycles. The predicted octanol–water partition coefficient (Wildman–Crippen LogP) is 1.94. The maximum absolute atomic E-state index is 5.68. The third-order valence-corrected chi connectivity index (χ3v) is 5.37. The lowest BCUT2D eigenvalue weighted by molar-refractivity contribution is -0.00834. The largest absolute Gasteiger partial charge is 0.468 e. The second-order valence-corrected chi connectivity index (χ2v) is 7.47. The van der Waals surface area contributed by atoms with Crippen LogP contribution in [0.3, 0.4) is 0 Å². The van der Waals surface area contributed by atoms with E-state index in [4.69, 9.17) is 9.15 Å². The van der Waals surface area contributed by atoms with E-state index in [1.807, 2.05) is 19.2 Å². The molecule has 0 bridgehead atoms. The maximum atomic E-state index is 5.68. The van der Waals surface area contributed by atoms with Crippen LogP contribution in [0.2, 0.25) is 0 Å². The standard InChI is InChI=1S/C20H37N5O2/c1-6-24(7-2)17(18-9-8-12-27-18)15-22-19(21-5)23-16-20(3,4)25-10-13-26-14-11-25/h8-9,12,17H,6-7,10-11,13-16H2,1-5H3,(H2,21,22,23). The van der Waals surface area contributed by atoms with E-state index in [1.165, 1.54) is 0 Å². The van der Waals surface area contributed by atoms with Gasteiger partial charge in [-0.15, -0.1) is 0 Å². The summed E-state index contributed by atoms with van der Waals surface area (Å²) in [7, 11) is 1.82. The van der Waals surface area contributed by atoms with Gasteiger partial charge >= 0.3 is 0 Å². The number of rotatable bonds is 9. The molecule has 0 spiro atoms. The molecule has 1 unspecified atom stereocenters. The van der Waals surface area contributed by atoms with Crippen molar-refractivity contribution in [1.29, 1.82) is 0 Å². The molecule has 1 aliphatic rings. The smallest absolute Gasteiger partial charge is 0.191 e. The van der Waals surface area contributed by atoms with Crippen molar-refractivity contribution < 1.29 is 9.15 Å². The number of hydrogen-bond donors (Lipinski definition) is 2. The van der Waals surface area contributed by atoms with Gasteiger partial charge in [-0.2, -0.15) is 0 Å². The van der Waals surface area contributed by atoms with Crippen LogP contribution in [0.25, 0.3) is 0 Å². The molecule has 1 saturated heterocycles. The summed E-state index contributed by atoms with van der Waals surface area (Å²) in [6.07, 6.45) is 1.74. The summed E-state index contributed by atoms with van der Waals surface area (Å²) in [6.45, 7) is 16.0. The molecule has 27 heavy (non-hydrogen) atoms. The van der Waals surface area contributed by atoms with Crippen molar-refractivity contribution in [3.8, 4) is 0 Å². The Morgan fingerprint density at radius 3 is 2.52 bits per heavy atom. The lowest BCUT2D eigenvalue weighted by atomic mass is 10.0. The second-order valence-electron chi connectivity index (χ2n) is 7.47. The normalized spacial score (nSPS) is 17.9. The quantitative estimate of drug-likeness (QED) is 0.505. The van der Waals surface area contributed by atoms with E-state index >= 15 is 0 Å². The van der Waals surface area contributed by atoms with Crippen molar-refractivity contribution in [3.63, 3.8) is 0 Å². The zero-order valence-electron chi connectivity index (χ0n) is 17.6. The van der Waals surface area contributed by atoms with Crippen molar-refractivity contribution >= 4 is 5.96 Å². The van der Waals surface area contributed by atoms with E-state index in [-0.39, 0.29) is 11.6 Å². The van der Waals surface area contributed by atoms with E-state index in [9.17, 15) is 0 Å². The molecule has 0 amide bonds. The molecule has 0 radical (unpaired) electrons. The number of ether oxygens (including phenoxy) is 1. The van der Waals surface area contributed by atoms with Crippen LogP contribution in [0.15, 0.2) is 27.8 Å². The Kier molecular flexibility index (Phi) is 8.60. The Labute approximate surface area is 164 Å². The number of morpholine rings is 1. The number of furan rings is 1. The predicted molar refractivity (Wildman–Crippen MR) is 110 cm³/mol. The number of hydrogen-bond acceptors (Lipinski definition) is 5. The van der Waals surface area contributed by atoms with Crippen LogP contribution in [0, 0.1) is 0 Å². The third kappa shape index (κ3) is 6.23. The van der Waals surface area contributed by atoms with E-state index < -0.39 is 0 Å². The van der Waals surface area contributed by atoms with Gasteiger partial charge < -0.3 is 19.8 Å². The van der Waals surface area contributed by atoms with Gasteiger partial charge in [-0.3, -0.25) is 14.8 Å². The molecule has 0 aromatic carbocycles. The maximum Gasteiger partial charge on any atom is 0.191 e. The lowest BCUT2D eigenvalue weighted by Gasteiger charge is -2.41. The van der Waals surface area contributed by atoms with Gasteiger partial charge in [0.05, 0.1) is 25.5 Å². The number of nitrogens with zero attached hydrogens (tertiary/aromatic N) is 3. The fourth-order valence-electron chi connectivity index (χ4n) is 3.55. The average molecular weight is 380 g/mol. The van der Waals surface area contributed by atoms with Gasteiger partial charge in [0.1, 0.15) is 5.76 Å². The van der Waals surface area contributed by atoms with Gasteiger partial charge in [0, 0.05) is 38.8 Å². The Hall–Kier alpha value is -1.57. The van der Waals surface area contributed by atoms with E-state index in [2.05, 4.69) is 53.1 Å². The highest BCUT2D eigenvalue weighted by Crippen LogP contribution is 2.20. The Bertz CT molecular complexity index is 549. The summed E-state index contributed by atoms with van der Waals surface area (Å²) in [5.41, 5.74) is 0.0423. The highest BCUT2D eigenvalue weighted by atomic mass is 16.5. The van der Waals surface area contributed by atoms with Gasteiger partial charge in [-0.05, 0) is 39.1 Å². The first-order valence-corrected chi connectivity index (χ1v) is 10.1. The summed E-state index contributed by atoms with van der Waals surface area (Å²) in [5, 5.41) is 6.97. The molecule has 1 fully saturated rings. The first kappa shape index (κ1) is 21.7. The van der Waals surface area contributed by atoms with Crippen molar-refractivity contribution in [2.24, 2.45) is 4.99 Å². The molecule has 7 nitrogen and oxygen atoms in total. The minimum atomic E-state index is 0.0423. The molecule has 0 aliphatic carbocycles. The molecule has 1 aromatic rings. The first-order chi connectivity index (χ1) is 13.0. The molecule has 2 N–H and O–H groups in total. The number of aliphatic imine (C=N–C) groups is 1. The van der Waals surface area contributed by atoms with Crippen molar-refractivity contribution in [2.75, 3.05) is 59.5 Å². The van der Waals surface area contributed by atoms with Crippen LogP contribution >= 0.6 is 0 Å². The van der Waals surface area contributed by atoms with Gasteiger partial charge in [0.25, 0.3) is 0 Å². The highest BCUT2D eigenvalue weighted by molar-refractivity contribution is 5.79.